The van der Waals surface area contributed by atoms with Crippen molar-refractivity contribution in [2.24, 2.45) is 0 Å². The number of carbonyl (C=O) groups excluding carboxylic acids is 2. The molecule has 0 radical (unpaired) electrons. The fourth-order valence-electron chi connectivity index (χ4n) is 0.908. The third kappa shape index (κ3) is 6.46. The Balaban J connectivity index is 4.24. The van der Waals surface area contributed by atoms with Gasteiger partial charge >= 0.3 is 5.97 Å². The zero-order valence-corrected chi connectivity index (χ0v) is 10.2. The molecule has 1 unspecified atom stereocenters. The van der Waals surface area contributed by atoms with Gasteiger partial charge in [-0.1, -0.05) is 0 Å². The van der Waals surface area contributed by atoms with Crippen LogP contribution in [0.5, 0.6) is 0 Å². The van der Waals surface area contributed by atoms with Crippen LogP contribution in [0.25, 0.3) is 0 Å². The fourth-order valence-corrected chi connectivity index (χ4v) is 1.55. The topological polar surface area (TPSA) is 72.5 Å². The van der Waals surface area contributed by atoms with Crippen LogP contribution in [0.3, 0.4) is 0 Å². The molecule has 0 heterocycles. The first-order valence-corrected chi connectivity index (χ1v) is 6.50. The van der Waals surface area contributed by atoms with Crippen molar-refractivity contribution in [2.45, 2.75) is 12.5 Å². The number of hydrogen-bond donors (Lipinski definition) is 1. The molecule has 0 aliphatic heterocycles. The molecule has 0 aromatic rings. The molecule has 1 amide bonds. The number of ether oxygens (including phenoxy) is 1. The van der Waals surface area contributed by atoms with E-state index < -0.39 is 28.7 Å². The second kappa shape index (κ2) is 7.64. The van der Waals surface area contributed by atoms with E-state index in [9.17, 15) is 13.8 Å². The maximum atomic E-state index is 11.2. The number of esters is 1. The van der Waals surface area contributed by atoms with Gasteiger partial charge in [-0.25, -0.2) is 4.79 Å². The normalized spacial score (nSPS) is 14.1. The number of halogens is 1. The Labute approximate surface area is 96.0 Å². The molecular formula is C8H14ClNO4S. The molecule has 0 aromatic carbocycles. The van der Waals surface area contributed by atoms with Crippen LogP contribution in [0.1, 0.15) is 6.42 Å². The summed E-state index contributed by atoms with van der Waals surface area (Å²) in [4.78, 5) is 22.2. The van der Waals surface area contributed by atoms with Crippen LogP contribution >= 0.6 is 11.6 Å². The lowest BCUT2D eigenvalue weighted by molar-refractivity contribution is -0.144. The minimum Gasteiger partial charge on any atom is -0.467 e. The van der Waals surface area contributed by atoms with Gasteiger partial charge < -0.3 is 10.1 Å². The molecule has 2 atom stereocenters. The molecule has 1 N–H and O–H groups in total. The minimum absolute atomic E-state index is 0.220. The van der Waals surface area contributed by atoms with Gasteiger partial charge in [0.2, 0.25) is 5.91 Å². The molecule has 7 heteroatoms. The van der Waals surface area contributed by atoms with Crippen LogP contribution in [-0.4, -0.2) is 47.1 Å². The van der Waals surface area contributed by atoms with Crippen LogP contribution < -0.4 is 5.32 Å². The zero-order valence-electron chi connectivity index (χ0n) is 8.62. The molecule has 0 saturated heterocycles. The SMILES string of the molecule is COC(=O)[C@H](CCS(C)=O)NC(=O)CCl. The van der Waals surface area contributed by atoms with E-state index in [1.54, 1.807) is 0 Å². The summed E-state index contributed by atoms with van der Waals surface area (Å²) in [6.45, 7) is 0. The van der Waals surface area contributed by atoms with Crippen molar-refractivity contribution >= 4 is 34.3 Å². The van der Waals surface area contributed by atoms with Crippen molar-refractivity contribution in [3.8, 4) is 0 Å². The van der Waals surface area contributed by atoms with Crippen molar-refractivity contribution in [3.63, 3.8) is 0 Å². The summed E-state index contributed by atoms with van der Waals surface area (Å²) in [5.74, 6) is -0.904. The molecule has 0 rings (SSSR count). The van der Waals surface area contributed by atoms with Gasteiger partial charge in [-0.3, -0.25) is 9.00 Å². The number of amides is 1. The highest BCUT2D eigenvalue weighted by atomic mass is 35.5. The zero-order chi connectivity index (χ0) is 11.8. The number of hydrogen-bond acceptors (Lipinski definition) is 4. The van der Waals surface area contributed by atoms with E-state index in [1.165, 1.54) is 13.4 Å². The first kappa shape index (κ1) is 14.4. The molecule has 0 aliphatic rings. The van der Waals surface area contributed by atoms with Crippen LogP contribution in [0.4, 0.5) is 0 Å². The Morgan fingerprint density at radius 3 is 2.53 bits per heavy atom. The van der Waals surface area contributed by atoms with E-state index in [2.05, 4.69) is 10.1 Å². The lowest BCUT2D eigenvalue weighted by atomic mass is 10.2. The molecule has 88 valence electrons. The first-order chi connectivity index (χ1) is 7.01. The molecule has 0 aliphatic carbocycles. The van der Waals surface area contributed by atoms with E-state index in [0.29, 0.717) is 5.75 Å². The van der Waals surface area contributed by atoms with Gasteiger partial charge in [0.05, 0.1) is 7.11 Å². The van der Waals surface area contributed by atoms with Crippen LogP contribution in [0, 0.1) is 0 Å². The quantitative estimate of drug-likeness (QED) is 0.520. The average molecular weight is 256 g/mol. The maximum Gasteiger partial charge on any atom is 0.328 e. The summed E-state index contributed by atoms with van der Waals surface area (Å²) in [7, 11) is 0.214. The third-order valence-electron chi connectivity index (χ3n) is 1.64. The summed E-state index contributed by atoms with van der Waals surface area (Å²) < 4.78 is 15.3. The number of rotatable bonds is 6. The van der Waals surface area contributed by atoms with E-state index in [0.717, 1.165) is 0 Å². The van der Waals surface area contributed by atoms with Crippen LogP contribution in [0.15, 0.2) is 0 Å². The second-order valence-electron chi connectivity index (χ2n) is 2.84. The van der Waals surface area contributed by atoms with Crippen LogP contribution in [0.2, 0.25) is 0 Å². The Bertz CT molecular complexity index is 259. The standard InChI is InChI=1S/C8H14ClNO4S/c1-14-8(12)6(3-4-15(2)13)10-7(11)5-9/h6H,3-5H2,1-2H3,(H,10,11)/t6-,15?/m0/s1. The summed E-state index contributed by atoms with van der Waals surface area (Å²) >= 11 is 5.28. The van der Waals surface area contributed by atoms with E-state index in [4.69, 9.17) is 11.6 Å². The molecule has 5 nitrogen and oxygen atoms in total. The summed E-state index contributed by atoms with van der Waals surface area (Å²) in [6.07, 6.45) is 1.80. The molecule has 0 saturated carbocycles. The summed E-state index contributed by atoms with van der Waals surface area (Å²) in [5.41, 5.74) is 0. The van der Waals surface area contributed by atoms with Gasteiger partial charge in [0.1, 0.15) is 11.9 Å². The van der Waals surface area contributed by atoms with Gasteiger partial charge in [0.15, 0.2) is 0 Å². The Hall–Kier alpha value is -0.620. The number of methoxy groups -OCH3 is 1. The molecule has 0 fully saturated rings. The largest absolute Gasteiger partial charge is 0.467 e. The monoisotopic (exact) mass is 255 g/mol. The lowest BCUT2D eigenvalue weighted by Crippen LogP contribution is -2.42. The molecule has 0 spiro atoms. The van der Waals surface area contributed by atoms with Gasteiger partial charge in [0, 0.05) is 22.8 Å². The smallest absolute Gasteiger partial charge is 0.328 e. The molecule has 15 heavy (non-hydrogen) atoms. The molecule has 0 bridgehead atoms. The first-order valence-electron chi connectivity index (χ1n) is 4.24. The summed E-state index contributed by atoms with van der Waals surface area (Å²) in [6, 6.07) is -0.773. The Morgan fingerprint density at radius 2 is 2.13 bits per heavy atom. The molecular weight excluding hydrogens is 242 g/mol. The Morgan fingerprint density at radius 1 is 1.53 bits per heavy atom. The van der Waals surface area contributed by atoms with Gasteiger partial charge in [-0.05, 0) is 6.42 Å². The Kier molecular flexibility index (Phi) is 7.33. The van der Waals surface area contributed by atoms with E-state index in [1.807, 2.05) is 0 Å². The predicted octanol–water partition coefficient (Wildman–Crippen LogP) is -0.348. The lowest BCUT2D eigenvalue weighted by Gasteiger charge is -2.14. The highest BCUT2D eigenvalue weighted by Gasteiger charge is 2.20. The number of carbonyl (C=O) groups is 2. The van der Waals surface area contributed by atoms with Crippen molar-refractivity contribution in [3.05, 3.63) is 0 Å². The number of nitrogens with one attached hydrogen (secondary N) is 1. The van der Waals surface area contributed by atoms with E-state index >= 15 is 0 Å². The average Bonchev–Trinajstić information content (AvgIpc) is 2.22. The van der Waals surface area contributed by atoms with Crippen LogP contribution in [-0.2, 0) is 25.1 Å². The van der Waals surface area contributed by atoms with Gasteiger partial charge in [0.25, 0.3) is 0 Å². The van der Waals surface area contributed by atoms with Gasteiger partial charge in [-0.15, -0.1) is 11.6 Å². The summed E-state index contributed by atoms with van der Waals surface area (Å²) in [5, 5.41) is 2.39. The van der Waals surface area contributed by atoms with Crippen molar-refractivity contribution in [1.82, 2.24) is 5.32 Å². The van der Waals surface area contributed by atoms with Crippen molar-refractivity contribution < 1.29 is 18.5 Å². The van der Waals surface area contributed by atoms with E-state index in [-0.39, 0.29) is 12.3 Å². The number of alkyl halides is 1. The molecule has 0 aromatic heterocycles. The van der Waals surface area contributed by atoms with Crippen molar-refractivity contribution in [1.29, 1.82) is 0 Å². The van der Waals surface area contributed by atoms with Crippen molar-refractivity contribution in [2.75, 3.05) is 25.0 Å². The highest BCUT2D eigenvalue weighted by molar-refractivity contribution is 7.84. The third-order valence-corrected chi connectivity index (χ3v) is 2.69. The fraction of sp³-hybridized carbons (Fsp3) is 0.750. The highest BCUT2D eigenvalue weighted by Crippen LogP contribution is 1.97. The minimum atomic E-state index is -1.01. The second-order valence-corrected chi connectivity index (χ2v) is 4.66. The van der Waals surface area contributed by atoms with Gasteiger partial charge in [-0.2, -0.15) is 0 Å². The maximum absolute atomic E-state index is 11.2. The predicted molar refractivity (Wildman–Crippen MR) is 58.2 cm³/mol.